The van der Waals surface area contributed by atoms with Crippen molar-refractivity contribution in [2.24, 2.45) is 17.8 Å². The third kappa shape index (κ3) is 5.06. The molecule has 0 aliphatic heterocycles. The van der Waals surface area contributed by atoms with Crippen LogP contribution in [0.3, 0.4) is 0 Å². The molecule has 5 unspecified atom stereocenters. The molecule has 1 aromatic carbocycles. The molecule has 2 fully saturated rings. The lowest BCUT2D eigenvalue weighted by molar-refractivity contribution is -0.153. The van der Waals surface area contributed by atoms with Gasteiger partial charge in [0.1, 0.15) is 11.1 Å². The fourth-order valence-electron chi connectivity index (χ4n) is 4.83. The van der Waals surface area contributed by atoms with Crippen LogP contribution in [-0.2, 0) is 30.3 Å². The first-order chi connectivity index (χ1) is 15.1. The predicted octanol–water partition coefficient (Wildman–Crippen LogP) is 2.80. The summed E-state index contributed by atoms with van der Waals surface area (Å²) < 4.78 is 16.1. The van der Waals surface area contributed by atoms with E-state index in [0.29, 0.717) is 13.0 Å². The second-order valence-corrected chi connectivity index (χ2v) is 9.38. The highest BCUT2D eigenvalue weighted by molar-refractivity contribution is 5.91. The average molecular weight is 447 g/mol. The van der Waals surface area contributed by atoms with Gasteiger partial charge in [0.15, 0.2) is 0 Å². The third-order valence-electron chi connectivity index (χ3n) is 5.98. The topological polar surface area (TPSA) is 103 Å². The minimum Gasteiger partial charge on any atom is -0.466 e. The van der Waals surface area contributed by atoms with Crippen molar-refractivity contribution in [2.45, 2.75) is 64.8 Å². The summed E-state index contributed by atoms with van der Waals surface area (Å²) in [6.07, 6.45) is -0.397. The Labute approximate surface area is 189 Å². The summed E-state index contributed by atoms with van der Waals surface area (Å²) >= 11 is 0. The van der Waals surface area contributed by atoms with Crippen molar-refractivity contribution in [2.75, 3.05) is 13.2 Å². The quantitative estimate of drug-likeness (QED) is 0.467. The first-order valence-corrected chi connectivity index (χ1v) is 11.2. The summed E-state index contributed by atoms with van der Waals surface area (Å²) in [6.45, 7) is 9.72. The Kier molecular flexibility index (Phi) is 7.12. The van der Waals surface area contributed by atoms with Crippen molar-refractivity contribution >= 4 is 18.0 Å². The van der Waals surface area contributed by atoms with Gasteiger partial charge in [0.05, 0.1) is 19.1 Å². The van der Waals surface area contributed by atoms with Crippen LogP contribution >= 0.6 is 0 Å². The van der Waals surface area contributed by atoms with Crippen LogP contribution in [0.15, 0.2) is 30.3 Å². The molecule has 1 aromatic rings. The summed E-state index contributed by atoms with van der Waals surface area (Å²) in [4.78, 5) is 38.6. The lowest BCUT2D eigenvalue weighted by Gasteiger charge is -2.33. The van der Waals surface area contributed by atoms with Gasteiger partial charge in [-0.25, -0.2) is 9.59 Å². The van der Waals surface area contributed by atoms with Crippen LogP contribution in [0.2, 0.25) is 0 Å². The Morgan fingerprint density at radius 2 is 1.72 bits per heavy atom. The molecule has 1 amide bonds. The molecule has 176 valence electrons. The van der Waals surface area contributed by atoms with Crippen LogP contribution in [0.5, 0.6) is 0 Å². The number of amides is 1. The van der Waals surface area contributed by atoms with Crippen molar-refractivity contribution in [1.29, 1.82) is 0 Å². The van der Waals surface area contributed by atoms with E-state index in [1.807, 2.05) is 30.3 Å². The molecule has 0 spiro atoms. The molecule has 8 nitrogen and oxygen atoms in total. The molecule has 0 bridgehead atoms. The Balaban J connectivity index is 1.87. The molecule has 0 aromatic heterocycles. The summed E-state index contributed by atoms with van der Waals surface area (Å²) in [7, 11) is 0. The number of esters is 2. The molecule has 5 atom stereocenters. The second kappa shape index (κ2) is 9.48. The fraction of sp³-hybridized carbons (Fsp3) is 0.625. The minimum atomic E-state index is -1.35. The van der Waals surface area contributed by atoms with Gasteiger partial charge in [0.25, 0.3) is 0 Å². The zero-order chi connectivity index (χ0) is 23.5. The molecule has 3 rings (SSSR count). The van der Waals surface area contributed by atoms with Crippen molar-refractivity contribution in [1.82, 2.24) is 10.6 Å². The van der Waals surface area contributed by atoms with E-state index >= 15 is 0 Å². The molecule has 2 N–H and O–H groups in total. The van der Waals surface area contributed by atoms with Crippen molar-refractivity contribution in [3.63, 3.8) is 0 Å². The summed E-state index contributed by atoms with van der Waals surface area (Å²) in [6, 6.07) is 9.71. The molecule has 2 aliphatic rings. The fourth-order valence-corrected chi connectivity index (χ4v) is 4.83. The molecule has 0 radical (unpaired) electrons. The lowest BCUT2D eigenvalue weighted by atomic mass is 9.88. The number of carbonyl (C=O) groups is 3. The van der Waals surface area contributed by atoms with Crippen LogP contribution in [0, 0.1) is 17.8 Å². The monoisotopic (exact) mass is 446 g/mol. The van der Waals surface area contributed by atoms with E-state index in [1.165, 1.54) is 0 Å². The number of fused-ring (bicyclic) bond motifs is 1. The van der Waals surface area contributed by atoms with E-state index in [4.69, 9.17) is 14.2 Å². The van der Waals surface area contributed by atoms with Crippen LogP contribution in [0.4, 0.5) is 4.79 Å². The second-order valence-electron chi connectivity index (χ2n) is 9.38. The number of ether oxygens (including phenoxy) is 3. The lowest BCUT2D eigenvalue weighted by Crippen LogP contribution is -2.58. The van der Waals surface area contributed by atoms with Gasteiger partial charge in [-0.1, -0.05) is 30.3 Å². The standard InChI is InChI=1S/C24H34N2O6/c1-6-30-20(27)18-17-16(25-14-15-11-9-8-10-12-15)13-24(19(17)18,21(28)31-7-2)26-22(29)32-23(3,4)5/h8-12,16-19,25H,6-7,13-14H2,1-5H3,(H,26,29). The smallest absolute Gasteiger partial charge is 0.408 e. The van der Waals surface area contributed by atoms with Gasteiger partial charge >= 0.3 is 18.0 Å². The zero-order valence-electron chi connectivity index (χ0n) is 19.5. The van der Waals surface area contributed by atoms with Crippen molar-refractivity contribution < 1.29 is 28.6 Å². The van der Waals surface area contributed by atoms with E-state index in [-0.39, 0.29) is 31.1 Å². The van der Waals surface area contributed by atoms with Crippen molar-refractivity contribution in [3.8, 4) is 0 Å². The minimum absolute atomic E-state index is 0.142. The highest BCUT2D eigenvalue weighted by Crippen LogP contribution is 2.63. The molecule has 0 heterocycles. The third-order valence-corrected chi connectivity index (χ3v) is 5.98. The highest BCUT2D eigenvalue weighted by atomic mass is 16.6. The maximum Gasteiger partial charge on any atom is 0.408 e. The van der Waals surface area contributed by atoms with E-state index in [9.17, 15) is 14.4 Å². The van der Waals surface area contributed by atoms with Gasteiger partial charge in [0, 0.05) is 18.5 Å². The largest absolute Gasteiger partial charge is 0.466 e. The van der Waals surface area contributed by atoms with Gasteiger partial charge in [-0.05, 0) is 52.5 Å². The number of rotatable bonds is 8. The molecule has 2 aliphatic carbocycles. The van der Waals surface area contributed by atoms with Crippen LogP contribution < -0.4 is 10.6 Å². The number of nitrogens with one attached hydrogen (secondary N) is 2. The Morgan fingerprint density at radius 3 is 2.31 bits per heavy atom. The normalized spacial score (nSPS) is 28.4. The summed E-state index contributed by atoms with van der Waals surface area (Å²) in [5.74, 6) is -1.94. The molecular weight excluding hydrogens is 412 g/mol. The molecule has 8 heteroatoms. The Morgan fingerprint density at radius 1 is 1.06 bits per heavy atom. The maximum absolute atomic E-state index is 13.2. The van der Waals surface area contributed by atoms with Crippen molar-refractivity contribution in [3.05, 3.63) is 35.9 Å². The van der Waals surface area contributed by atoms with Crippen LogP contribution in [0.1, 0.15) is 46.6 Å². The van der Waals surface area contributed by atoms with Crippen LogP contribution in [-0.4, -0.2) is 48.4 Å². The van der Waals surface area contributed by atoms with Gasteiger partial charge in [-0.2, -0.15) is 0 Å². The first-order valence-electron chi connectivity index (χ1n) is 11.2. The van der Waals surface area contributed by atoms with Gasteiger partial charge < -0.3 is 24.8 Å². The molecule has 2 saturated carbocycles. The molecular formula is C24H34N2O6. The van der Waals surface area contributed by atoms with E-state index in [0.717, 1.165) is 5.56 Å². The number of alkyl carbamates (subject to hydrolysis) is 1. The van der Waals surface area contributed by atoms with Gasteiger partial charge in [-0.3, -0.25) is 4.79 Å². The van der Waals surface area contributed by atoms with E-state index < -0.39 is 35.0 Å². The summed E-state index contributed by atoms with van der Waals surface area (Å²) in [5.41, 5.74) is -0.993. The SMILES string of the molecule is CCOC(=O)C1C2C(NCc3ccccc3)CC(NC(=O)OC(C)(C)C)(C(=O)OCC)C12. The maximum atomic E-state index is 13.2. The number of hydrogen-bond donors (Lipinski definition) is 2. The molecule has 32 heavy (non-hydrogen) atoms. The highest BCUT2D eigenvalue weighted by Gasteiger charge is 2.76. The number of benzene rings is 1. The first kappa shape index (κ1) is 24.0. The number of carbonyl (C=O) groups excluding carboxylic acids is 3. The van der Waals surface area contributed by atoms with E-state index in [2.05, 4.69) is 10.6 Å². The van der Waals surface area contributed by atoms with Crippen LogP contribution in [0.25, 0.3) is 0 Å². The Bertz CT molecular complexity index is 837. The van der Waals surface area contributed by atoms with Gasteiger partial charge in [-0.15, -0.1) is 0 Å². The Hall–Kier alpha value is -2.61. The number of hydrogen-bond acceptors (Lipinski definition) is 7. The van der Waals surface area contributed by atoms with Gasteiger partial charge in [0.2, 0.25) is 0 Å². The zero-order valence-corrected chi connectivity index (χ0v) is 19.5. The summed E-state index contributed by atoms with van der Waals surface area (Å²) in [5, 5.41) is 6.28. The average Bonchev–Trinajstić information content (AvgIpc) is 3.38. The van der Waals surface area contributed by atoms with E-state index in [1.54, 1.807) is 34.6 Å². The molecule has 0 saturated heterocycles. The predicted molar refractivity (Wildman–Crippen MR) is 118 cm³/mol.